The van der Waals surface area contributed by atoms with Gasteiger partial charge in [0.05, 0.1) is 30.1 Å². The van der Waals surface area contributed by atoms with E-state index in [0.29, 0.717) is 18.0 Å². The van der Waals surface area contributed by atoms with Crippen LogP contribution in [-0.2, 0) is 29.4 Å². The Morgan fingerprint density at radius 2 is 1.73 bits per heavy atom. The molecule has 2 heterocycles. The number of aromatic carboxylic acids is 1. The molecule has 4 aromatic rings. The van der Waals surface area contributed by atoms with Gasteiger partial charge in [0.2, 0.25) is 5.91 Å². The molecule has 0 radical (unpaired) electrons. The van der Waals surface area contributed by atoms with Crippen LogP contribution in [0.3, 0.4) is 0 Å². The zero-order valence-corrected chi connectivity index (χ0v) is 25.7. The molecule has 1 aliphatic rings. The minimum Gasteiger partial charge on any atom is -0.476 e. The molecule has 2 amide bonds. The highest BCUT2D eigenvalue weighted by atomic mass is 16.5. The summed E-state index contributed by atoms with van der Waals surface area (Å²) < 4.78 is 15.0. The molecule has 1 fully saturated rings. The van der Waals surface area contributed by atoms with Crippen LogP contribution in [0.1, 0.15) is 69.2 Å². The van der Waals surface area contributed by atoms with Crippen molar-refractivity contribution in [2.75, 3.05) is 5.32 Å². The van der Waals surface area contributed by atoms with Gasteiger partial charge >= 0.3 is 5.97 Å². The van der Waals surface area contributed by atoms with Crippen molar-refractivity contribution in [3.05, 3.63) is 94.6 Å². The standard InChI is InChI=1S/C33H38N6O6/c1-21-13-14-30(45-20-39-23(3)16-22(2)36-39)26(15-21)35-32(41)28-17-27(33(42)43)37-38(28)18-31(40)34-25-11-7-8-12-29(25)44-19-24-9-5-4-6-10-24/h4-6,9-10,13-17,25,29H,7-8,11-12,18-20H2,1-3H3,(H,34,40)(H,35,41)(H,42,43)/t25-,29?/m0/s1. The number of anilines is 1. The van der Waals surface area contributed by atoms with Crippen LogP contribution in [0.2, 0.25) is 0 Å². The van der Waals surface area contributed by atoms with E-state index in [1.54, 1.807) is 16.8 Å². The first-order valence-corrected chi connectivity index (χ1v) is 15.0. The molecule has 12 heteroatoms. The molecular formula is C33H38N6O6. The quantitative estimate of drug-likeness (QED) is 0.209. The number of hydrogen-bond acceptors (Lipinski definition) is 7. The summed E-state index contributed by atoms with van der Waals surface area (Å²) >= 11 is 0. The number of hydrogen-bond donors (Lipinski definition) is 3. The smallest absolute Gasteiger partial charge is 0.356 e. The molecule has 1 aliphatic carbocycles. The van der Waals surface area contributed by atoms with E-state index in [2.05, 4.69) is 20.8 Å². The lowest BCUT2D eigenvalue weighted by Gasteiger charge is -2.32. The van der Waals surface area contributed by atoms with Crippen LogP contribution in [-0.4, -0.2) is 54.6 Å². The van der Waals surface area contributed by atoms with Gasteiger partial charge in [-0.1, -0.05) is 49.2 Å². The van der Waals surface area contributed by atoms with E-state index in [-0.39, 0.29) is 36.8 Å². The van der Waals surface area contributed by atoms with Gasteiger partial charge in [-0.15, -0.1) is 0 Å². The third-order valence-corrected chi connectivity index (χ3v) is 7.71. The molecule has 0 bridgehead atoms. The zero-order chi connectivity index (χ0) is 31.9. The van der Waals surface area contributed by atoms with Crippen molar-refractivity contribution < 1.29 is 29.0 Å². The fraction of sp³-hybridized carbons (Fsp3) is 0.364. The second-order valence-electron chi connectivity index (χ2n) is 11.3. The summed E-state index contributed by atoms with van der Waals surface area (Å²) in [7, 11) is 0. The first-order valence-electron chi connectivity index (χ1n) is 15.0. The van der Waals surface area contributed by atoms with Crippen LogP contribution < -0.4 is 15.4 Å². The molecule has 45 heavy (non-hydrogen) atoms. The topological polar surface area (TPSA) is 150 Å². The van der Waals surface area contributed by atoms with Crippen molar-refractivity contribution in [2.45, 2.75) is 78.5 Å². The minimum absolute atomic E-state index is 0.0749. The van der Waals surface area contributed by atoms with Gasteiger partial charge in [0.25, 0.3) is 5.91 Å². The number of aromatic nitrogens is 4. The molecular weight excluding hydrogens is 576 g/mol. The Labute approximate surface area is 261 Å². The second kappa shape index (κ2) is 14.2. The Morgan fingerprint density at radius 3 is 2.47 bits per heavy atom. The van der Waals surface area contributed by atoms with Gasteiger partial charge < -0.3 is 25.2 Å². The SMILES string of the molecule is Cc1ccc(OCn2nc(C)cc2C)c(NC(=O)c2cc(C(=O)O)nn2CC(=O)N[C@H]2CCCCC2OCc2ccccc2)c1. The molecule has 2 aromatic heterocycles. The molecule has 1 saturated carbocycles. The van der Waals surface area contributed by atoms with Crippen LogP contribution in [0.5, 0.6) is 5.75 Å². The summed E-state index contributed by atoms with van der Waals surface area (Å²) in [4.78, 5) is 38.5. The van der Waals surface area contributed by atoms with Crippen LogP contribution >= 0.6 is 0 Å². The fourth-order valence-corrected chi connectivity index (χ4v) is 5.44. The highest BCUT2D eigenvalue weighted by Crippen LogP contribution is 2.27. The largest absolute Gasteiger partial charge is 0.476 e. The average Bonchev–Trinajstić information content (AvgIpc) is 3.58. The molecule has 12 nitrogen and oxygen atoms in total. The van der Waals surface area contributed by atoms with Gasteiger partial charge in [-0.05, 0) is 62.9 Å². The summed E-state index contributed by atoms with van der Waals surface area (Å²) in [6, 6.07) is 18.1. The second-order valence-corrected chi connectivity index (χ2v) is 11.3. The highest BCUT2D eigenvalue weighted by Gasteiger charge is 2.28. The lowest BCUT2D eigenvalue weighted by molar-refractivity contribution is -0.124. The number of rotatable bonds is 12. The first kappa shape index (κ1) is 31.5. The number of carboxylic acids is 1. The number of carbonyl (C=O) groups excluding carboxylic acids is 2. The normalized spacial score (nSPS) is 16.2. The van der Waals surface area contributed by atoms with E-state index in [1.165, 1.54) is 0 Å². The number of amides is 2. The van der Waals surface area contributed by atoms with Crippen LogP contribution in [0.15, 0.2) is 60.7 Å². The van der Waals surface area contributed by atoms with E-state index in [1.807, 2.05) is 63.2 Å². The molecule has 0 spiro atoms. The van der Waals surface area contributed by atoms with Gasteiger partial charge in [-0.2, -0.15) is 10.2 Å². The van der Waals surface area contributed by atoms with Crippen LogP contribution in [0, 0.1) is 20.8 Å². The van der Waals surface area contributed by atoms with Gasteiger partial charge in [0.15, 0.2) is 12.4 Å². The molecule has 1 unspecified atom stereocenters. The number of nitrogens with one attached hydrogen (secondary N) is 2. The lowest BCUT2D eigenvalue weighted by Crippen LogP contribution is -2.47. The fourth-order valence-electron chi connectivity index (χ4n) is 5.44. The summed E-state index contributed by atoms with van der Waals surface area (Å²) in [5.41, 5.74) is 3.68. The summed E-state index contributed by atoms with van der Waals surface area (Å²) in [5, 5.41) is 23.9. The predicted molar refractivity (Wildman–Crippen MR) is 166 cm³/mol. The molecule has 5 rings (SSSR count). The van der Waals surface area contributed by atoms with Gasteiger partial charge in [0.1, 0.15) is 18.0 Å². The Bertz CT molecular complexity index is 1660. The summed E-state index contributed by atoms with van der Waals surface area (Å²) in [6.45, 7) is 5.92. The van der Waals surface area contributed by atoms with Crippen molar-refractivity contribution in [3.63, 3.8) is 0 Å². The van der Waals surface area contributed by atoms with Crippen LogP contribution in [0.4, 0.5) is 5.69 Å². The molecule has 0 aliphatic heterocycles. The number of carbonyl (C=O) groups is 3. The number of ether oxygens (including phenoxy) is 2. The summed E-state index contributed by atoms with van der Waals surface area (Å²) in [6.07, 6.45) is 3.37. The molecule has 2 atom stereocenters. The van der Waals surface area contributed by atoms with Crippen molar-refractivity contribution in [1.82, 2.24) is 24.9 Å². The zero-order valence-electron chi connectivity index (χ0n) is 25.7. The molecule has 3 N–H and O–H groups in total. The Balaban J connectivity index is 1.28. The van der Waals surface area contributed by atoms with Crippen molar-refractivity contribution >= 4 is 23.5 Å². The predicted octanol–water partition coefficient (Wildman–Crippen LogP) is 4.64. The van der Waals surface area contributed by atoms with E-state index >= 15 is 0 Å². The van der Waals surface area contributed by atoms with Crippen molar-refractivity contribution in [1.29, 1.82) is 0 Å². The van der Waals surface area contributed by atoms with Crippen molar-refractivity contribution in [2.24, 2.45) is 0 Å². The van der Waals surface area contributed by atoms with E-state index in [0.717, 1.165) is 58.9 Å². The maximum absolute atomic E-state index is 13.5. The highest BCUT2D eigenvalue weighted by molar-refractivity contribution is 6.05. The maximum atomic E-state index is 13.5. The monoisotopic (exact) mass is 614 g/mol. The van der Waals surface area contributed by atoms with E-state index < -0.39 is 17.8 Å². The molecule has 2 aromatic carbocycles. The Kier molecular flexibility index (Phi) is 9.93. The van der Waals surface area contributed by atoms with Gasteiger partial charge in [-0.3, -0.25) is 9.59 Å². The number of benzene rings is 2. The average molecular weight is 615 g/mol. The number of carboxylic acid groups (broad SMARTS) is 1. The minimum atomic E-state index is -1.31. The first-order chi connectivity index (χ1) is 21.7. The molecule has 0 saturated heterocycles. The third-order valence-electron chi connectivity index (χ3n) is 7.71. The van der Waals surface area contributed by atoms with E-state index in [9.17, 15) is 19.5 Å². The van der Waals surface area contributed by atoms with Gasteiger partial charge in [-0.25, -0.2) is 14.2 Å². The number of aryl methyl sites for hydroxylation is 3. The number of nitrogens with zero attached hydrogens (tertiary/aromatic N) is 4. The maximum Gasteiger partial charge on any atom is 0.356 e. The molecule has 236 valence electrons. The Hall–Kier alpha value is -4.97. The Morgan fingerprint density at radius 1 is 0.956 bits per heavy atom. The van der Waals surface area contributed by atoms with E-state index in [4.69, 9.17) is 9.47 Å². The summed E-state index contributed by atoms with van der Waals surface area (Å²) in [5.74, 6) is -1.93. The van der Waals surface area contributed by atoms with Gasteiger partial charge in [0, 0.05) is 11.8 Å². The lowest BCUT2D eigenvalue weighted by atomic mass is 9.92. The van der Waals surface area contributed by atoms with Crippen LogP contribution in [0.25, 0.3) is 0 Å². The van der Waals surface area contributed by atoms with Crippen molar-refractivity contribution in [3.8, 4) is 5.75 Å². The third kappa shape index (κ3) is 8.15.